The van der Waals surface area contributed by atoms with Crippen LogP contribution in [0.1, 0.15) is 12.8 Å². The number of hydrogen-bond donors (Lipinski definition) is 2. The number of likely N-dealkylation sites (tertiary alicyclic amines) is 1. The lowest BCUT2D eigenvalue weighted by atomic mass is 10.1. The standard InChI is InChI=1S/C10H20N2O3/c1-15-7-4-11-8-10(14)12-5-2-9(13)3-6-12/h9,11,13H,2-8H2,1H3. The van der Waals surface area contributed by atoms with Gasteiger partial charge in [0.25, 0.3) is 0 Å². The third kappa shape index (κ3) is 4.59. The summed E-state index contributed by atoms with van der Waals surface area (Å²) < 4.78 is 4.86. The fourth-order valence-electron chi connectivity index (χ4n) is 1.60. The fourth-order valence-corrected chi connectivity index (χ4v) is 1.60. The van der Waals surface area contributed by atoms with Crippen LogP contribution in [-0.4, -0.2) is 61.9 Å². The van der Waals surface area contributed by atoms with Crippen molar-refractivity contribution in [3.63, 3.8) is 0 Å². The molecule has 1 saturated heterocycles. The summed E-state index contributed by atoms with van der Waals surface area (Å²) in [6, 6.07) is 0. The van der Waals surface area contributed by atoms with Crippen molar-refractivity contribution in [1.29, 1.82) is 0 Å². The maximum atomic E-state index is 11.6. The van der Waals surface area contributed by atoms with Crippen molar-refractivity contribution < 1.29 is 14.6 Å². The second-order valence-electron chi connectivity index (χ2n) is 3.78. The Balaban J connectivity index is 2.11. The van der Waals surface area contributed by atoms with Gasteiger partial charge in [0, 0.05) is 26.7 Å². The number of nitrogens with zero attached hydrogens (tertiary/aromatic N) is 1. The van der Waals surface area contributed by atoms with Gasteiger partial charge in [-0.05, 0) is 12.8 Å². The molecule has 0 saturated carbocycles. The Bertz CT molecular complexity index is 191. The molecule has 2 N–H and O–H groups in total. The van der Waals surface area contributed by atoms with Gasteiger partial charge < -0.3 is 20.1 Å². The molecule has 1 heterocycles. The van der Waals surface area contributed by atoms with Crippen LogP contribution in [0.25, 0.3) is 0 Å². The molecule has 1 aliphatic heterocycles. The largest absolute Gasteiger partial charge is 0.393 e. The third-order valence-electron chi connectivity index (χ3n) is 2.58. The van der Waals surface area contributed by atoms with Crippen molar-refractivity contribution in [3.8, 4) is 0 Å². The van der Waals surface area contributed by atoms with Gasteiger partial charge in [0.2, 0.25) is 5.91 Å². The van der Waals surface area contributed by atoms with E-state index in [9.17, 15) is 9.90 Å². The number of methoxy groups -OCH3 is 1. The van der Waals surface area contributed by atoms with Crippen LogP contribution < -0.4 is 5.32 Å². The minimum atomic E-state index is -0.226. The molecule has 0 aromatic carbocycles. The summed E-state index contributed by atoms with van der Waals surface area (Å²) in [4.78, 5) is 13.4. The van der Waals surface area contributed by atoms with Gasteiger partial charge in [-0.25, -0.2) is 0 Å². The molecule has 88 valence electrons. The zero-order chi connectivity index (χ0) is 11.1. The number of carbonyl (C=O) groups excluding carboxylic acids is 1. The molecule has 0 radical (unpaired) electrons. The minimum absolute atomic E-state index is 0.109. The summed E-state index contributed by atoms with van der Waals surface area (Å²) in [5, 5.41) is 12.3. The number of aliphatic hydroxyl groups excluding tert-OH is 1. The molecule has 0 unspecified atom stereocenters. The fraction of sp³-hybridized carbons (Fsp3) is 0.900. The second kappa shape index (κ2) is 6.76. The number of ether oxygens (including phenoxy) is 1. The molecule has 0 bridgehead atoms. The zero-order valence-electron chi connectivity index (χ0n) is 9.24. The maximum absolute atomic E-state index is 11.6. The van der Waals surface area contributed by atoms with E-state index >= 15 is 0 Å². The number of carbonyl (C=O) groups is 1. The number of rotatable bonds is 5. The molecular formula is C10H20N2O3. The Morgan fingerprint density at radius 1 is 1.53 bits per heavy atom. The highest BCUT2D eigenvalue weighted by Gasteiger charge is 2.20. The van der Waals surface area contributed by atoms with Gasteiger partial charge in [-0.1, -0.05) is 0 Å². The van der Waals surface area contributed by atoms with E-state index in [4.69, 9.17) is 4.74 Å². The van der Waals surface area contributed by atoms with Crippen LogP contribution in [-0.2, 0) is 9.53 Å². The zero-order valence-corrected chi connectivity index (χ0v) is 9.24. The van der Waals surface area contributed by atoms with Gasteiger partial charge in [-0.2, -0.15) is 0 Å². The molecular weight excluding hydrogens is 196 g/mol. The number of amides is 1. The normalized spacial score (nSPS) is 18.1. The predicted molar refractivity (Wildman–Crippen MR) is 56.6 cm³/mol. The topological polar surface area (TPSA) is 61.8 Å². The number of piperidine rings is 1. The molecule has 1 fully saturated rings. The van der Waals surface area contributed by atoms with Crippen molar-refractivity contribution in [2.24, 2.45) is 0 Å². The van der Waals surface area contributed by atoms with E-state index in [1.165, 1.54) is 0 Å². The van der Waals surface area contributed by atoms with E-state index in [2.05, 4.69) is 5.32 Å². The van der Waals surface area contributed by atoms with E-state index in [1.54, 1.807) is 12.0 Å². The summed E-state index contributed by atoms with van der Waals surface area (Å²) in [6.45, 7) is 3.02. The molecule has 0 spiro atoms. The van der Waals surface area contributed by atoms with E-state index in [-0.39, 0.29) is 12.0 Å². The number of hydrogen-bond acceptors (Lipinski definition) is 4. The van der Waals surface area contributed by atoms with Gasteiger partial charge in [-0.3, -0.25) is 4.79 Å². The van der Waals surface area contributed by atoms with Gasteiger partial charge in [-0.15, -0.1) is 0 Å². The minimum Gasteiger partial charge on any atom is -0.393 e. The van der Waals surface area contributed by atoms with Gasteiger partial charge in [0.1, 0.15) is 0 Å². The molecule has 15 heavy (non-hydrogen) atoms. The van der Waals surface area contributed by atoms with Crippen LogP contribution >= 0.6 is 0 Å². The summed E-state index contributed by atoms with van der Waals surface area (Å²) in [6.07, 6.45) is 1.17. The quantitative estimate of drug-likeness (QED) is 0.591. The lowest BCUT2D eigenvalue weighted by Crippen LogP contribution is -2.44. The van der Waals surface area contributed by atoms with Crippen LogP contribution in [0.2, 0.25) is 0 Å². The number of nitrogens with one attached hydrogen (secondary N) is 1. The van der Waals surface area contributed by atoms with Crippen molar-refractivity contribution in [1.82, 2.24) is 10.2 Å². The monoisotopic (exact) mass is 216 g/mol. The molecule has 5 nitrogen and oxygen atoms in total. The maximum Gasteiger partial charge on any atom is 0.236 e. The van der Waals surface area contributed by atoms with Crippen LogP contribution in [0.4, 0.5) is 0 Å². The summed E-state index contributed by atoms with van der Waals surface area (Å²) >= 11 is 0. The molecule has 1 aliphatic rings. The summed E-state index contributed by atoms with van der Waals surface area (Å²) in [5.41, 5.74) is 0. The average Bonchev–Trinajstić information content (AvgIpc) is 2.25. The highest BCUT2D eigenvalue weighted by Crippen LogP contribution is 2.09. The molecule has 0 atom stereocenters. The molecule has 0 aromatic heterocycles. The lowest BCUT2D eigenvalue weighted by Gasteiger charge is -2.29. The van der Waals surface area contributed by atoms with Crippen LogP contribution in [0.15, 0.2) is 0 Å². The van der Waals surface area contributed by atoms with E-state index in [0.29, 0.717) is 45.6 Å². The first-order valence-electron chi connectivity index (χ1n) is 5.39. The summed E-state index contributed by atoms with van der Waals surface area (Å²) in [5.74, 6) is 0.109. The number of aliphatic hydroxyl groups is 1. The SMILES string of the molecule is COCCNCC(=O)N1CCC(O)CC1. The Hall–Kier alpha value is -0.650. The Morgan fingerprint density at radius 3 is 2.80 bits per heavy atom. The molecule has 0 aromatic rings. The highest BCUT2D eigenvalue weighted by molar-refractivity contribution is 5.78. The summed E-state index contributed by atoms with van der Waals surface area (Å²) in [7, 11) is 1.63. The third-order valence-corrected chi connectivity index (χ3v) is 2.58. The molecule has 1 amide bonds. The molecule has 1 rings (SSSR count). The highest BCUT2D eigenvalue weighted by atomic mass is 16.5. The van der Waals surface area contributed by atoms with E-state index in [1.807, 2.05) is 0 Å². The van der Waals surface area contributed by atoms with Crippen molar-refractivity contribution in [2.45, 2.75) is 18.9 Å². The van der Waals surface area contributed by atoms with Gasteiger partial charge >= 0.3 is 0 Å². The Morgan fingerprint density at radius 2 is 2.20 bits per heavy atom. The van der Waals surface area contributed by atoms with Crippen LogP contribution in [0.3, 0.4) is 0 Å². The Labute approximate surface area is 90.4 Å². The van der Waals surface area contributed by atoms with Crippen LogP contribution in [0, 0.1) is 0 Å². The van der Waals surface area contributed by atoms with Gasteiger partial charge in [0.05, 0.1) is 19.3 Å². The van der Waals surface area contributed by atoms with E-state index < -0.39 is 0 Å². The predicted octanol–water partition coefficient (Wildman–Crippen LogP) is -0.794. The average molecular weight is 216 g/mol. The smallest absolute Gasteiger partial charge is 0.236 e. The lowest BCUT2D eigenvalue weighted by molar-refractivity contribution is -0.132. The second-order valence-corrected chi connectivity index (χ2v) is 3.78. The van der Waals surface area contributed by atoms with Gasteiger partial charge in [0.15, 0.2) is 0 Å². The first-order chi connectivity index (χ1) is 7.24. The van der Waals surface area contributed by atoms with E-state index in [0.717, 1.165) is 0 Å². The van der Waals surface area contributed by atoms with Crippen molar-refractivity contribution in [3.05, 3.63) is 0 Å². The molecule has 0 aliphatic carbocycles. The molecule has 5 heteroatoms. The van der Waals surface area contributed by atoms with Crippen molar-refractivity contribution in [2.75, 3.05) is 39.9 Å². The van der Waals surface area contributed by atoms with Crippen LogP contribution in [0.5, 0.6) is 0 Å². The first kappa shape index (κ1) is 12.4. The Kier molecular flexibility index (Phi) is 5.60. The van der Waals surface area contributed by atoms with Crippen molar-refractivity contribution >= 4 is 5.91 Å². The first-order valence-corrected chi connectivity index (χ1v) is 5.39.